The van der Waals surface area contributed by atoms with E-state index in [0.717, 1.165) is 36.8 Å². The number of carbonyl (C=O) groups excluding carboxylic acids is 1. The SMILES string of the molecule is Cc1ccc(CN(C)C(=O)NCC2CCN(CCC(C)C)CC2)nc1. The van der Waals surface area contributed by atoms with Crippen LogP contribution in [0.5, 0.6) is 0 Å². The first-order valence-electron chi connectivity index (χ1n) is 9.57. The van der Waals surface area contributed by atoms with Gasteiger partial charge in [-0.2, -0.15) is 0 Å². The molecule has 1 fully saturated rings. The second-order valence-electron chi connectivity index (χ2n) is 7.84. The fourth-order valence-electron chi connectivity index (χ4n) is 3.13. The highest BCUT2D eigenvalue weighted by Crippen LogP contribution is 2.17. The molecule has 0 unspecified atom stereocenters. The number of nitrogens with one attached hydrogen (secondary N) is 1. The Morgan fingerprint density at radius 3 is 2.68 bits per heavy atom. The molecule has 25 heavy (non-hydrogen) atoms. The Kier molecular flexibility index (Phi) is 7.69. The number of aryl methyl sites for hydroxylation is 1. The summed E-state index contributed by atoms with van der Waals surface area (Å²) in [6.07, 6.45) is 5.48. The number of carbonyl (C=O) groups is 1. The minimum atomic E-state index is -0.00962. The van der Waals surface area contributed by atoms with Gasteiger partial charge in [-0.3, -0.25) is 4.98 Å². The molecule has 1 aromatic heterocycles. The van der Waals surface area contributed by atoms with Crippen LogP contribution in [0.25, 0.3) is 0 Å². The van der Waals surface area contributed by atoms with Crippen molar-refractivity contribution < 1.29 is 4.79 Å². The van der Waals surface area contributed by atoms with Crippen LogP contribution in [-0.4, -0.2) is 54.0 Å². The molecule has 1 aliphatic rings. The second kappa shape index (κ2) is 9.76. The van der Waals surface area contributed by atoms with Gasteiger partial charge >= 0.3 is 6.03 Å². The van der Waals surface area contributed by atoms with Crippen molar-refractivity contribution in [3.8, 4) is 0 Å². The lowest BCUT2D eigenvalue weighted by Crippen LogP contribution is -2.42. The highest BCUT2D eigenvalue weighted by molar-refractivity contribution is 5.73. The van der Waals surface area contributed by atoms with Gasteiger partial charge in [0, 0.05) is 19.8 Å². The molecule has 2 amide bonds. The van der Waals surface area contributed by atoms with Gasteiger partial charge in [0.1, 0.15) is 0 Å². The summed E-state index contributed by atoms with van der Waals surface area (Å²) in [5, 5.41) is 3.09. The Labute approximate surface area is 152 Å². The quantitative estimate of drug-likeness (QED) is 0.824. The highest BCUT2D eigenvalue weighted by atomic mass is 16.2. The monoisotopic (exact) mass is 346 g/mol. The molecule has 5 heteroatoms. The molecule has 0 saturated carbocycles. The summed E-state index contributed by atoms with van der Waals surface area (Å²) >= 11 is 0. The van der Waals surface area contributed by atoms with Crippen LogP contribution < -0.4 is 5.32 Å². The van der Waals surface area contributed by atoms with Crippen LogP contribution in [0.2, 0.25) is 0 Å². The van der Waals surface area contributed by atoms with Gasteiger partial charge in [-0.25, -0.2) is 4.79 Å². The van der Waals surface area contributed by atoms with Gasteiger partial charge in [0.15, 0.2) is 0 Å². The van der Waals surface area contributed by atoms with Gasteiger partial charge in [0.25, 0.3) is 0 Å². The van der Waals surface area contributed by atoms with Crippen LogP contribution in [-0.2, 0) is 6.54 Å². The highest BCUT2D eigenvalue weighted by Gasteiger charge is 2.20. The zero-order chi connectivity index (χ0) is 18.2. The number of aromatic nitrogens is 1. The van der Waals surface area contributed by atoms with E-state index >= 15 is 0 Å². The first kappa shape index (κ1) is 19.7. The Bertz CT molecular complexity index is 521. The average molecular weight is 347 g/mol. The van der Waals surface area contributed by atoms with Gasteiger partial charge in [-0.15, -0.1) is 0 Å². The van der Waals surface area contributed by atoms with E-state index in [1.165, 1.54) is 25.8 Å². The minimum Gasteiger partial charge on any atom is -0.338 e. The van der Waals surface area contributed by atoms with Crippen LogP contribution >= 0.6 is 0 Å². The molecule has 1 saturated heterocycles. The van der Waals surface area contributed by atoms with Crippen LogP contribution in [0, 0.1) is 18.8 Å². The first-order chi connectivity index (χ1) is 11.9. The van der Waals surface area contributed by atoms with E-state index in [1.54, 1.807) is 4.90 Å². The number of rotatable bonds is 7. The maximum atomic E-state index is 12.3. The summed E-state index contributed by atoms with van der Waals surface area (Å²) in [7, 11) is 1.82. The molecule has 1 aromatic rings. The predicted molar refractivity (Wildman–Crippen MR) is 102 cm³/mol. The lowest BCUT2D eigenvalue weighted by atomic mass is 9.96. The second-order valence-corrected chi connectivity index (χ2v) is 7.84. The van der Waals surface area contributed by atoms with Crippen molar-refractivity contribution in [1.29, 1.82) is 0 Å². The van der Waals surface area contributed by atoms with E-state index in [2.05, 4.69) is 29.0 Å². The maximum absolute atomic E-state index is 12.3. The Hall–Kier alpha value is -1.62. The molecule has 140 valence electrons. The third-order valence-electron chi connectivity index (χ3n) is 4.99. The van der Waals surface area contributed by atoms with Crippen LogP contribution in [0.15, 0.2) is 18.3 Å². The average Bonchev–Trinajstić information content (AvgIpc) is 2.60. The molecule has 1 aliphatic heterocycles. The minimum absolute atomic E-state index is 0.00962. The Balaban J connectivity index is 1.65. The third kappa shape index (κ3) is 7.02. The molecular weight excluding hydrogens is 312 g/mol. The fraction of sp³-hybridized carbons (Fsp3) is 0.700. The van der Waals surface area contributed by atoms with Gasteiger partial charge in [-0.1, -0.05) is 19.9 Å². The van der Waals surface area contributed by atoms with Crippen LogP contribution in [0.4, 0.5) is 4.79 Å². The van der Waals surface area contributed by atoms with Crippen LogP contribution in [0.1, 0.15) is 44.4 Å². The zero-order valence-electron chi connectivity index (χ0n) is 16.3. The third-order valence-corrected chi connectivity index (χ3v) is 4.99. The fourth-order valence-corrected chi connectivity index (χ4v) is 3.13. The van der Waals surface area contributed by atoms with Crippen molar-refractivity contribution in [2.75, 3.05) is 33.2 Å². The largest absolute Gasteiger partial charge is 0.338 e. The summed E-state index contributed by atoms with van der Waals surface area (Å²) in [5.74, 6) is 1.38. The van der Waals surface area contributed by atoms with E-state index in [-0.39, 0.29) is 6.03 Å². The molecule has 0 aliphatic carbocycles. The van der Waals surface area contributed by atoms with Gasteiger partial charge in [-0.05, 0) is 69.3 Å². The molecule has 1 N–H and O–H groups in total. The smallest absolute Gasteiger partial charge is 0.317 e. The summed E-state index contributed by atoms with van der Waals surface area (Å²) in [5.41, 5.74) is 2.05. The maximum Gasteiger partial charge on any atom is 0.317 e. The summed E-state index contributed by atoms with van der Waals surface area (Å²) in [6.45, 7) is 11.4. The van der Waals surface area contributed by atoms with Crippen molar-refractivity contribution >= 4 is 6.03 Å². The number of likely N-dealkylation sites (tertiary alicyclic amines) is 1. The lowest BCUT2D eigenvalue weighted by molar-refractivity contribution is 0.169. The molecule has 2 rings (SSSR count). The number of urea groups is 1. The number of hydrogen-bond donors (Lipinski definition) is 1. The van der Waals surface area contributed by atoms with E-state index in [1.807, 2.05) is 32.3 Å². The molecule has 0 spiro atoms. The topological polar surface area (TPSA) is 48.5 Å². The Morgan fingerprint density at radius 2 is 2.08 bits per heavy atom. The van der Waals surface area contributed by atoms with Gasteiger partial charge in [0.2, 0.25) is 0 Å². The van der Waals surface area contributed by atoms with Crippen molar-refractivity contribution in [1.82, 2.24) is 20.1 Å². The normalized spacial score (nSPS) is 16.2. The van der Waals surface area contributed by atoms with Gasteiger partial charge in [0.05, 0.1) is 12.2 Å². The molecule has 0 atom stereocenters. The number of nitrogens with zero attached hydrogens (tertiary/aromatic N) is 3. The molecule has 0 aromatic carbocycles. The van der Waals surface area contributed by atoms with Crippen molar-refractivity contribution in [2.24, 2.45) is 11.8 Å². The molecule has 5 nitrogen and oxygen atoms in total. The Morgan fingerprint density at radius 1 is 1.36 bits per heavy atom. The number of pyridine rings is 1. The van der Waals surface area contributed by atoms with Crippen molar-refractivity contribution in [3.05, 3.63) is 29.6 Å². The van der Waals surface area contributed by atoms with Crippen LogP contribution in [0.3, 0.4) is 0 Å². The summed E-state index contributed by atoms with van der Waals surface area (Å²) < 4.78 is 0. The van der Waals surface area contributed by atoms with Crippen molar-refractivity contribution in [3.63, 3.8) is 0 Å². The molecule has 0 radical (unpaired) electrons. The van der Waals surface area contributed by atoms with E-state index < -0.39 is 0 Å². The number of piperidine rings is 1. The number of amides is 2. The molecule has 0 bridgehead atoms. The summed E-state index contributed by atoms with van der Waals surface area (Å²) in [4.78, 5) is 20.9. The van der Waals surface area contributed by atoms with Gasteiger partial charge < -0.3 is 15.1 Å². The van der Waals surface area contributed by atoms with Crippen molar-refractivity contribution in [2.45, 2.75) is 46.6 Å². The predicted octanol–water partition coefficient (Wildman–Crippen LogP) is 3.29. The standard InChI is InChI=1S/C20H34N4O/c1-16(2)7-10-24-11-8-18(9-12-24)14-22-20(25)23(4)15-19-6-5-17(3)13-21-19/h5-6,13,16,18H,7-12,14-15H2,1-4H3,(H,22,25). The zero-order valence-corrected chi connectivity index (χ0v) is 16.3. The van der Waals surface area contributed by atoms with E-state index in [0.29, 0.717) is 12.5 Å². The van der Waals surface area contributed by atoms with E-state index in [9.17, 15) is 4.79 Å². The molecular formula is C20H34N4O. The number of hydrogen-bond acceptors (Lipinski definition) is 3. The lowest BCUT2D eigenvalue weighted by Gasteiger charge is -2.32. The summed E-state index contributed by atoms with van der Waals surface area (Å²) in [6, 6.07) is 4.00. The van der Waals surface area contributed by atoms with E-state index in [4.69, 9.17) is 0 Å². The molecule has 2 heterocycles. The first-order valence-corrected chi connectivity index (χ1v) is 9.57.